The lowest BCUT2D eigenvalue weighted by Gasteiger charge is -2.13. The smallest absolute Gasteiger partial charge is 0.123 e. The van der Waals surface area contributed by atoms with Crippen molar-refractivity contribution in [2.75, 3.05) is 5.32 Å². The Hall–Kier alpha value is -1.48. The second-order valence-corrected chi connectivity index (χ2v) is 5.70. The number of rotatable bonds is 3. The Kier molecular flexibility index (Phi) is 4.15. The Morgan fingerprint density at radius 1 is 1.05 bits per heavy atom. The minimum Gasteiger partial charge on any atom is -0.507 e. The van der Waals surface area contributed by atoms with E-state index in [1.54, 1.807) is 0 Å². The fourth-order valence-corrected chi connectivity index (χ4v) is 2.29. The normalized spacial score (nSPS) is 10.5. The zero-order valence-electron chi connectivity index (χ0n) is 11.4. The highest BCUT2D eigenvalue weighted by atomic mass is 79.9. The van der Waals surface area contributed by atoms with Gasteiger partial charge in [-0.15, -0.1) is 0 Å². The monoisotopic (exact) mass is 319 g/mol. The molecule has 0 aliphatic heterocycles. The Balaban J connectivity index is 2.14. The van der Waals surface area contributed by atoms with Gasteiger partial charge in [0.15, 0.2) is 0 Å². The molecule has 2 rings (SSSR count). The van der Waals surface area contributed by atoms with Crippen LogP contribution in [-0.4, -0.2) is 5.11 Å². The van der Waals surface area contributed by atoms with Crippen LogP contribution in [0.3, 0.4) is 0 Å². The summed E-state index contributed by atoms with van der Waals surface area (Å²) in [6.07, 6.45) is 0. The van der Waals surface area contributed by atoms with Crippen molar-refractivity contribution in [2.45, 2.75) is 27.3 Å². The van der Waals surface area contributed by atoms with E-state index < -0.39 is 0 Å². The number of halogens is 1. The first-order valence-corrected chi connectivity index (χ1v) is 7.06. The van der Waals surface area contributed by atoms with Crippen LogP contribution in [0.1, 0.15) is 22.3 Å². The summed E-state index contributed by atoms with van der Waals surface area (Å²) in [5, 5.41) is 13.3. The van der Waals surface area contributed by atoms with Crippen LogP contribution in [0.2, 0.25) is 0 Å². The lowest BCUT2D eigenvalue weighted by molar-refractivity contribution is 0.467. The Morgan fingerprint density at radius 2 is 1.79 bits per heavy atom. The fraction of sp³-hybridized carbons (Fsp3) is 0.250. The van der Waals surface area contributed by atoms with Gasteiger partial charge in [-0.1, -0.05) is 34.1 Å². The van der Waals surface area contributed by atoms with Gasteiger partial charge in [0.05, 0.1) is 0 Å². The van der Waals surface area contributed by atoms with Crippen molar-refractivity contribution in [1.82, 2.24) is 0 Å². The molecule has 0 atom stereocenters. The van der Waals surface area contributed by atoms with Gasteiger partial charge in [0, 0.05) is 22.3 Å². The molecule has 0 unspecified atom stereocenters. The molecule has 0 aliphatic carbocycles. The number of phenols is 1. The van der Waals surface area contributed by atoms with E-state index >= 15 is 0 Å². The van der Waals surface area contributed by atoms with Crippen molar-refractivity contribution in [3.63, 3.8) is 0 Å². The summed E-state index contributed by atoms with van der Waals surface area (Å²) in [7, 11) is 0. The lowest BCUT2D eigenvalue weighted by atomic mass is 10.1. The molecule has 0 amide bonds. The van der Waals surface area contributed by atoms with Crippen molar-refractivity contribution in [1.29, 1.82) is 0 Å². The summed E-state index contributed by atoms with van der Waals surface area (Å²) in [6, 6.07) is 10.2. The SMILES string of the molecule is Cc1cc(CNc2ccc(C)c(O)c2C)ccc1Br. The molecule has 2 aromatic carbocycles. The zero-order chi connectivity index (χ0) is 14.0. The average Bonchev–Trinajstić information content (AvgIpc) is 2.39. The second-order valence-electron chi connectivity index (χ2n) is 4.84. The van der Waals surface area contributed by atoms with Gasteiger partial charge in [0.25, 0.3) is 0 Å². The third kappa shape index (κ3) is 3.10. The van der Waals surface area contributed by atoms with Gasteiger partial charge in [-0.3, -0.25) is 0 Å². The van der Waals surface area contributed by atoms with E-state index in [4.69, 9.17) is 0 Å². The molecule has 19 heavy (non-hydrogen) atoms. The van der Waals surface area contributed by atoms with Crippen LogP contribution >= 0.6 is 15.9 Å². The van der Waals surface area contributed by atoms with Crippen molar-refractivity contribution < 1.29 is 5.11 Å². The van der Waals surface area contributed by atoms with E-state index in [2.05, 4.69) is 46.4 Å². The summed E-state index contributed by atoms with van der Waals surface area (Å²) in [6.45, 7) is 6.66. The Morgan fingerprint density at radius 3 is 2.47 bits per heavy atom. The van der Waals surface area contributed by atoms with Crippen LogP contribution in [0.15, 0.2) is 34.8 Å². The molecule has 2 nitrogen and oxygen atoms in total. The summed E-state index contributed by atoms with van der Waals surface area (Å²) in [5.41, 5.74) is 5.22. The molecular formula is C16H18BrNO. The molecule has 2 aromatic rings. The maximum atomic E-state index is 9.92. The molecule has 2 N–H and O–H groups in total. The molecule has 0 heterocycles. The highest BCUT2D eigenvalue weighted by Gasteiger charge is 2.06. The number of nitrogens with one attached hydrogen (secondary N) is 1. The van der Waals surface area contributed by atoms with Crippen LogP contribution in [-0.2, 0) is 6.54 Å². The van der Waals surface area contributed by atoms with E-state index in [0.29, 0.717) is 5.75 Å². The van der Waals surface area contributed by atoms with Gasteiger partial charge >= 0.3 is 0 Å². The summed E-state index contributed by atoms with van der Waals surface area (Å²) >= 11 is 3.50. The van der Waals surface area contributed by atoms with Gasteiger partial charge < -0.3 is 10.4 Å². The number of hydrogen-bond acceptors (Lipinski definition) is 2. The number of anilines is 1. The average molecular weight is 320 g/mol. The quantitative estimate of drug-likeness (QED) is 0.860. The zero-order valence-corrected chi connectivity index (χ0v) is 13.0. The number of aromatic hydroxyl groups is 1. The van der Waals surface area contributed by atoms with Crippen LogP contribution < -0.4 is 5.32 Å². The van der Waals surface area contributed by atoms with Gasteiger partial charge in [-0.2, -0.15) is 0 Å². The minimum absolute atomic E-state index is 0.372. The fourth-order valence-electron chi connectivity index (χ4n) is 2.04. The molecule has 100 valence electrons. The summed E-state index contributed by atoms with van der Waals surface area (Å²) in [5.74, 6) is 0.372. The first kappa shape index (κ1) is 13.9. The van der Waals surface area contributed by atoms with Crippen LogP contribution in [0.5, 0.6) is 5.75 Å². The predicted octanol–water partition coefficient (Wildman–Crippen LogP) is 4.69. The van der Waals surface area contributed by atoms with Gasteiger partial charge in [-0.05, 0) is 49.6 Å². The van der Waals surface area contributed by atoms with Crippen molar-refractivity contribution in [3.8, 4) is 5.75 Å². The van der Waals surface area contributed by atoms with E-state index in [1.807, 2.05) is 26.0 Å². The second kappa shape index (κ2) is 5.66. The first-order valence-electron chi connectivity index (χ1n) is 6.27. The van der Waals surface area contributed by atoms with Crippen LogP contribution in [0.25, 0.3) is 0 Å². The van der Waals surface area contributed by atoms with Crippen LogP contribution in [0, 0.1) is 20.8 Å². The van der Waals surface area contributed by atoms with Gasteiger partial charge in [-0.25, -0.2) is 0 Å². The molecule has 0 saturated heterocycles. The topological polar surface area (TPSA) is 32.3 Å². The molecule has 0 bridgehead atoms. The maximum Gasteiger partial charge on any atom is 0.123 e. The van der Waals surface area contributed by atoms with E-state index in [-0.39, 0.29) is 0 Å². The van der Waals surface area contributed by atoms with E-state index in [0.717, 1.165) is 27.8 Å². The molecule has 0 fully saturated rings. The number of hydrogen-bond donors (Lipinski definition) is 2. The summed E-state index contributed by atoms with van der Waals surface area (Å²) < 4.78 is 1.13. The Bertz CT molecular complexity index is 608. The summed E-state index contributed by atoms with van der Waals surface area (Å²) in [4.78, 5) is 0. The van der Waals surface area contributed by atoms with Gasteiger partial charge in [0.2, 0.25) is 0 Å². The highest BCUT2D eigenvalue weighted by molar-refractivity contribution is 9.10. The molecule has 0 aromatic heterocycles. The first-order chi connectivity index (χ1) is 8.99. The minimum atomic E-state index is 0.372. The van der Waals surface area contributed by atoms with E-state index in [9.17, 15) is 5.11 Å². The molecule has 0 spiro atoms. The lowest BCUT2D eigenvalue weighted by Crippen LogP contribution is -2.01. The highest BCUT2D eigenvalue weighted by Crippen LogP contribution is 2.28. The molecule has 0 saturated carbocycles. The molecule has 0 aliphatic rings. The number of benzene rings is 2. The third-order valence-corrected chi connectivity index (χ3v) is 4.23. The third-order valence-electron chi connectivity index (χ3n) is 3.34. The van der Waals surface area contributed by atoms with Crippen molar-refractivity contribution in [3.05, 3.63) is 57.1 Å². The van der Waals surface area contributed by atoms with Crippen molar-refractivity contribution >= 4 is 21.6 Å². The molecule has 0 radical (unpaired) electrons. The van der Waals surface area contributed by atoms with Crippen LogP contribution in [0.4, 0.5) is 5.69 Å². The number of phenolic OH excluding ortho intramolecular Hbond substituents is 1. The van der Waals surface area contributed by atoms with Gasteiger partial charge in [0.1, 0.15) is 5.75 Å². The van der Waals surface area contributed by atoms with E-state index in [1.165, 1.54) is 11.1 Å². The largest absolute Gasteiger partial charge is 0.507 e. The predicted molar refractivity (Wildman–Crippen MR) is 83.8 cm³/mol. The molecule has 3 heteroatoms. The molecular weight excluding hydrogens is 302 g/mol. The van der Waals surface area contributed by atoms with Crippen molar-refractivity contribution in [2.24, 2.45) is 0 Å². The Labute approximate surface area is 122 Å². The maximum absolute atomic E-state index is 9.92. The number of aryl methyl sites for hydroxylation is 2. The standard InChI is InChI=1S/C16H18BrNO/c1-10-4-7-15(12(3)16(10)19)18-9-13-5-6-14(17)11(2)8-13/h4-8,18-19H,9H2,1-3H3.